The molecule has 0 aromatic carbocycles. The standard InChI is InChI=1S/C18H29N5O2/c1-14(2)23-12-15(10-19-23)11-21-5-4-6-22(8-7-21)18(25)16-9-17(24)20(3)13-16/h10,12,14,16H,4-9,11,13H2,1-3H3/t16-/m0/s1. The molecule has 7 nitrogen and oxygen atoms in total. The maximum atomic E-state index is 12.7. The zero-order valence-corrected chi connectivity index (χ0v) is 15.5. The Labute approximate surface area is 149 Å². The highest BCUT2D eigenvalue weighted by molar-refractivity contribution is 5.89. The second-order valence-corrected chi connectivity index (χ2v) is 7.55. The Bertz CT molecular complexity index is 627. The van der Waals surface area contributed by atoms with E-state index in [-0.39, 0.29) is 17.7 Å². The minimum absolute atomic E-state index is 0.0805. The summed E-state index contributed by atoms with van der Waals surface area (Å²) in [6.07, 6.45) is 5.39. The van der Waals surface area contributed by atoms with Crippen LogP contribution < -0.4 is 0 Å². The largest absolute Gasteiger partial charge is 0.345 e. The molecule has 1 aromatic heterocycles. The summed E-state index contributed by atoms with van der Waals surface area (Å²) >= 11 is 0. The number of carbonyl (C=O) groups is 2. The van der Waals surface area contributed by atoms with Gasteiger partial charge in [-0.25, -0.2) is 0 Å². The molecule has 0 spiro atoms. The zero-order valence-electron chi connectivity index (χ0n) is 15.5. The van der Waals surface area contributed by atoms with Crippen molar-refractivity contribution in [1.82, 2.24) is 24.5 Å². The summed E-state index contributed by atoms with van der Waals surface area (Å²) in [6.45, 7) is 9.07. The normalized spacial score (nSPS) is 22.7. The van der Waals surface area contributed by atoms with Gasteiger partial charge in [0.05, 0.1) is 12.1 Å². The molecule has 0 unspecified atom stereocenters. The third-order valence-corrected chi connectivity index (χ3v) is 5.18. The van der Waals surface area contributed by atoms with Crippen molar-refractivity contribution in [2.75, 3.05) is 39.8 Å². The number of likely N-dealkylation sites (tertiary alicyclic amines) is 1. The lowest BCUT2D eigenvalue weighted by Crippen LogP contribution is -2.39. The van der Waals surface area contributed by atoms with Crippen LogP contribution in [-0.4, -0.2) is 76.1 Å². The van der Waals surface area contributed by atoms with Crippen LogP contribution in [0.3, 0.4) is 0 Å². The Hall–Kier alpha value is -1.89. The van der Waals surface area contributed by atoms with E-state index in [1.165, 1.54) is 5.56 Å². The minimum Gasteiger partial charge on any atom is -0.345 e. The van der Waals surface area contributed by atoms with Crippen molar-refractivity contribution in [3.63, 3.8) is 0 Å². The maximum Gasteiger partial charge on any atom is 0.228 e. The summed E-state index contributed by atoms with van der Waals surface area (Å²) in [5.74, 6) is 0.0671. The van der Waals surface area contributed by atoms with E-state index in [0.717, 1.165) is 39.1 Å². The van der Waals surface area contributed by atoms with Crippen LogP contribution in [0.1, 0.15) is 38.3 Å². The van der Waals surface area contributed by atoms with Gasteiger partial charge in [-0.2, -0.15) is 5.10 Å². The van der Waals surface area contributed by atoms with Crippen LogP contribution in [0.5, 0.6) is 0 Å². The summed E-state index contributed by atoms with van der Waals surface area (Å²) in [5.41, 5.74) is 1.22. The highest BCUT2D eigenvalue weighted by Crippen LogP contribution is 2.20. The highest BCUT2D eigenvalue weighted by atomic mass is 16.2. The molecule has 0 N–H and O–H groups in total. The molecule has 3 rings (SSSR count). The fourth-order valence-electron chi connectivity index (χ4n) is 3.64. The van der Waals surface area contributed by atoms with E-state index in [1.54, 1.807) is 11.9 Å². The smallest absolute Gasteiger partial charge is 0.228 e. The van der Waals surface area contributed by atoms with Crippen molar-refractivity contribution in [2.24, 2.45) is 5.92 Å². The van der Waals surface area contributed by atoms with Crippen molar-refractivity contribution in [2.45, 2.75) is 39.3 Å². The quantitative estimate of drug-likeness (QED) is 0.814. The van der Waals surface area contributed by atoms with Crippen molar-refractivity contribution in [3.8, 4) is 0 Å². The van der Waals surface area contributed by atoms with Gasteiger partial charge >= 0.3 is 0 Å². The number of nitrogens with zero attached hydrogens (tertiary/aromatic N) is 5. The summed E-state index contributed by atoms with van der Waals surface area (Å²) < 4.78 is 1.98. The first kappa shape index (κ1) is 17.9. The number of carbonyl (C=O) groups excluding carboxylic acids is 2. The Balaban J connectivity index is 1.53. The molecule has 0 aliphatic carbocycles. The lowest BCUT2D eigenvalue weighted by molar-refractivity contribution is -0.135. The lowest BCUT2D eigenvalue weighted by Gasteiger charge is -2.24. The van der Waals surface area contributed by atoms with Crippen LogP contribution in [0.2, 0.25) is 0 Å². The number of aromatic nitrogens is 2. The molecule has 1 atom stereocenters. The zero-order chi connectivity index (χ0) is 18.0. The topological polar surface area (TPSA) is 61.7 Å². The first-order chi connectivity index (χ1) is 11.9. The van der Waals surface area contributed by atoms with E-state index in [0.29, 0.717) is 19.0 Å². The number of rotatable bonds is 4. The van der Waals surface area contributed by atoms with Gasteiger partial charge in [-0.05, 0) is 20.3 Å². The summed E-state index contributed by atoms with van der Waals surface area (Å²) in [4.78, 5) is 30.4. The third-order valence-electron chi connectivity index (χ3n) is 5.18. The van der Waals surface area contributed by atoms with E-state index in [2.05, 4.69) is 30.0 Å². The molecule has 0 bridgehead atoms. The van der Waals surface area contributed by atoms with Gasteiger partial charge in [0.2, 0.25) is 11.8 Å². The number of hydrogen-bond donors (Lipinski definition) is 0. The summed E-state index contributed by atoms with van der Waals surface area (Å²) in [5, 5.41) is 4.40. The molecule has 2 saturated heterocycles. The first-order valence-electron chi connectivity index (χ1n) is 9.22. The summed E-state index contributed by atoms with van der Waals surface area (Å²) in [7, 11) is 1.77. The van der Waals surface area contributed by atoms with E-state index in [4.69, 9.17) is 0 Å². The Kier molecular flexibility index (Phi) is 5.42. The number of hydrogen-bond acceptors (Lipinski definition) is 4. The molecule has 0 radical (unpaired) electrons. The second-order valence-electron chi connectivity index (χ2n) is 7.55. The van der Waals surface area contributed by atoms with Gasteiger partial charge in [0.15, 0.2) is 0 Å². The van der Waals surface area contributed by atoms with E-state index < -0.39 is 0 Å². The van der Waals surface area contributed by atoms with Gasteiger partial charge in [-0.3, -0.25) is 19.2 Å². The predicted molar refractivity (Wildman–Crippen MR) is 94.8 cm³/mol. The fourth-order valence-corrected chi connectivity index (χ4v) is 3.64. The van der Waals surface area contributed by atoms with Crippen LogP contribution >= 0.6 is 0 Å². The minimum atomic E-state index is -0.159. The maximum absolute atomic E-state index is 12.7. The third kappa shape index (κ3) is 4.21. The number of amides is 2. The molecule has 7 heteroatoms. The molecule has 3 heterocycles. The highest BCUT2D eigenvalue weighted by Gasteiger charge is 2.35. The average molecular weight is 347 g/mol. The Morgan fingerprint density at radius 1 is 1.28 bits per heavy atom. The van der Waals surface area contributed by atoms with E-state index in [9.17, 15) is 9.59 Å². The van der Waals surface area contributed by atoms with Crippen molar-refractivity contribution >= 4 is 11.8 Å². The molecule has 2 amide bonds. The van der Waals surface area contributed by atoms with Crippen molar-refractivity contribution in [3.05, 3.63) is 18.0 Å². The molecule has 0 saturated carbocycles. The Morgan fingerprint density at radius 2 is 2.08 bits per heavy atom. The second kappa shape index (κ2) is 7.56. The van der Waals surface area contributed by atoms with E-state index >= 15 is 0 Å². The Morgan fingerprint density at radius 3 is 2.72 bits per heavy atom. The molecule has 2 fully saturated rings. The molecule has 25 heavy (non-hydrogen) atoms. The summed E-state index contributed by atoms with van der Waals surface area (Å²) in [6, 6.07) is 0.373. The SMILES string of the molecule is CC(C)n1cc(CN2CCCN(C(=O)[C@H]3CC(=O)N(C)C3)CC2)cn1. The monoisotopic (exact) mass is 347 g/mol. The molecule has 1 aromatic rings. The molecular weight excluding hydrogens is 318 g/mol. The van der Waals surface area contributed by atoms with Crippen LogP contribution in [0.15, 0.2) is 12.4 Å². The first-order valence-corrected chi connectivity index (χ1v) is 9.22. The van der Waals surface area contributed by atoms with Gasteiger partial charge in [0, 0.05) is 70.5 Å². The lowest BCUT2D eigenvalue weighted by atomic mass is 10.1. The fraction of sp³-hybridized carbons (Fsp3) is 0.722. The van der Waals surface area contributed by atoms with E-state index in [1.807, 2.05) is 15.8 Å². The van der Waals surface area contributed by atoms with Gasteiger partial charge in [-0.1, -0.05) is 0 Å². The molecule has 2 aliphatic heterocycles. The van der Waals surface area contributed by atoms with Gasteiger partial charge in [0.1, 0.15) is 0 Å². The average Bonchev–Trinajstić information content (AvgIpc) is 3.09. The molecular formula is C18H29N5O2. The van der Waals surface area contributed by atoms with Crippen LogP contribution in [0.4, 0.5) is 0 Å². The van der Waals surface area contributed by atoms with Crippen LogP contribution in [0, 0.1) is 5.92 Å². The van der Waals surface area contributed by atoms with Gasteiger partial charge in [-0.15, -0.1) is 0 Å². The van der Waals surface area contributed by atoms with Crippen LogP contribution in [0.25, 0.3) is 0 Å². The predicted octanol–water partition coefficient (Wildman–Crippen LogP) is 0.977. The van der Waals surface area contributed by atoms with Crippen molar-refractivity contribution < 1.29 is 9.59 Å². The van der Waals surface area contributed by atoms with Crippen molar-refractivity contribution in [1.29, 1.82) is 0 Å². The van der Waals surface area contributed by atoms with Gasteiger partial charge in [0.25, 0.3) is 0 Å². The molecule has 2 aliphatic rings. The van der Waals surface area contributed by atoms with Gasteiger partial charge < -0.3 is 9.80 Å². The van der Waals surface area contributed by atoms with Crippen LogP contribution in [-0.2, 0) is 16.1 Å². The molecule has 138 valence electrons.